The Labute approximate surface area is 387 Å². The van der Waals surface area contributed by atoms with Crippen LogP contribution in [0, 0.1) is 31.6 Å². The van der Waals surface area contributed by atoms with Crippen molar-refractivity contribution in [3.05, 3.63) is 80.4 Å². The van der Waals surface area contributed by atoms with E-state index < -0.39 is 11.9 Å². The highest BCUT2D eigenvalue weighted by molar-refractivity contribution is 6.23. The molecule has 2 N–H and O–H groups in total. The van der Waals surface area contributed by atoms with Gasteiger partial charge < -0.3 is 19.4 Å². The first-order valence-corrected chi connectivity index (χ1v) is 24.7. The Kier molecular flexibility index (Phi) is 16.5. The summed E-state index contributed by atoms with van der Waals surface area (Å²) in [6.07, 6.45) is 14.6. The molecule has 0 unspecified atom stereocenters. The van der Waals surface area contributed by atoms with E-state index in [9.17, 15) is 19.2 Å². The summed E-state index contributed by atoms with van der Waals surface area (Å²) in [5.41, 5.74) is 10.1. The van der Waals surface area contributed by atoms with E-state index in [1.54, 1.807) is 6.92 Å². The molecule has 10 nitrogen and oxygen atoms in total. The number of carbonyl (C=O) groups is 4. The fraction of sp³-hybridized carbons (Fsp3) is 0.600. The molecule has 10 heteroatoms. The van der Waals surface area contributed by atoms with Crippen molar-refractivity contribution in [3.8, 4) is 0 Å². The van der Waals surface area contributed by atoms with E-state index >= 15 is 0 Å². The predicted molar refractivity (Wildman–Crippen MR) is 261 cm³/mol. The van der Waals surface area contributed by atoms with Crippen LogP contribution in [0.2, 0.25) is 0 Å². The van der Waals surface area contributed by atoms with Crippen LogP contribution in [0.4, 0.5) is 0 Å². The number of hydrogen-bond donors (Lipinski definition) is 2. The summed E-state index contributed by atoms with van der Waals surface area (Å²) in [6.45, 7) is 23.5. The molecule has 0 fully saturated rings. The van der Waals surface area contributed by atoms with Crippen LogP contribution in [0.3, 0.4) is 0 Å². The summed E-state index contributed by atoms with van der Waals surface area (Å²) in [6, 6.07) is 5.99. The van der Waals surface area contributed by atoms with Crippen molar-refractivity contribution in [2.24, 2.45) is 17.8 Å². The lowest BCUT2D eigenvalue weighted by Crippen LogP contribution is -2.21. The number of ether oxygens (including phenoxy) is 2. The molecule has 0 spiro atoms. The van der Waals surface area contributed by atoms with E-state index in [2.05, 4.69) is 65.4 Å². The Morgan fingerprint density at radius 3 is 2.02 bits per heavy atom. The van der Waals surface area contributed by atoms with Crippen molar-refractivity contribution in [3.63, 3.8) is 0 Å². The van der Waals surface area contributed by atoms with Gasteiger partial charge in [-0.05, 0) is 107 Å². The Hall–Kier alpha value is -4.86. The van der Waals surface area contributed by atoms with E-state index in [0.29, 0.717) is 45.8 Å². The number of carbonyl (C=O) groups excluding carboxylic acids is 4. The maximum atomic E-state index is 14.4. The zero-order valence-electron chi connectivity index (χ0n) is 41.5. The number of aryl methyl sites for hydroxylation is 2. The van der Waals surface area contributed by atoms with Gasteiger partial charge in [-0.2, -0.15) is 0 Å². The second-order valence-corrected chi connectivity index (χ2v) is 20.3. The van der Waals surface area contributed by atoms with Crippen molar-refractivity contribution in [1.82, 2.24) is 19.9 Å². The average Bonchev–Trinajstić information content (AvgIpc) is 4.00. The Morgan fingerprint density at radius 2 is 1.37 bits per heavy atom. The second kappa shape index (κ2) is 21.6. The van der Waals surface area contributed by atoms with Gasteiger partial charge in [0, 0.05) is 74.9 Å². The second-order valence-electron chi connectivity index (χ2n) is 20.3. The van der Waals surface area contributed by atoms with E-state index in [4.69, 9.17) is 19.4 Å². The minimum Gasteiger partial charge on any atom is -0.468 e. The van der Waals surface area contributed by atoms with Gasteiger partial charge in [-0.3, -0.25) is 29.1 Å². The third-order valence-electron chi connectivity index (χ3n) is 14.9. The number of aromatic amines is 2. The number of hydrogen-bond acceptors (Lipinski definition) is 8. The topological polar surface area (TPSA) is 144 Å². The summed E-state index contributed by atoms with van der Waals surface area (Å²) < 4.78 is 11.1. The molecule has 5 heterocycles. The number of ketones is 2. The molecule has 65 heavy (non-hydrogen) atoms. The van der Waals surface area contributed by atoms with Gasteiger partial charge in [-0.1, -0.05) is 99.0 Å². The van der Waals surface area contributed by atoms with E-state index in [-0.39, 0.29) is 54.2 Å². The summed E-state index contributed by atoms with van der Waals surface area (Å²) in [5.74, 6) is -0.573. The van der Waals surface area contributed by atoms with Crippen molar-refractivity contribution >= 4 is 45.6 Å². The van der Waals surface area contributed by atoms with E-state index in [1.807, 2.05) is 38.1 Å². The van der Waals surface area contributed by atoms with Crippen LogP contribution in [0.5, 0.6) is 0 Å². The number of Topliss-reactive ketones (excluding diaryl/α,β-unsaturated/α-hetero) is 2. The number of rotatable bonds is 20. The maximum absolute atomic E-state index is 14.4. The van der Waals surface area contributed by atoms with Gasteiger partial charge in [-0.25, -0.2) is 0 Å². The SMILES string of the molecule is CC[C@@H]1c2cc3[nH]c4c(c3C)C(=O)[C@H](C(=O)OC)c4c3nc(cc4[nH]c(cc(n2)[C@@H]1C)c(C(C)=O)c4C)[C@@H](C)[C@@H]3CCC(=O)OC/C=C(\C)CCC[C@H](C)CCC[C@H](C)CCCC(C)C. The van der Waals surface area contributed by atoms with Crippen molar-refractivity contribution < 1.29 is 28.7 Å². The third kappa shape index (κ3) is 11.1. The maximum Gasteiger partial charge on any atom is 0.321 e. The number of methoxy groups -OCH3 is 1. The minimum atomic E-state index is -1.21. The van der Waals surface area contributed by atoms with Crippen molar-refractivity contribution in [2.75, 3.05) is 13.7 Å². The van der Waals surface area contributed by atoms with Gasteiger partial charge in [-0.15, -0.1) is 0 Å². The largest absolute Gasteiger partial charge is 0.468 e. The predicted octanol–water partition coefficient (Wildman–Crippen LogP) is 13.5. The Morgan fingerprint density at radius 1 is 0.769 bits per heavy atom. The highest BCUT2D eigenvalue weighted by atomic mass is 16.5. The minimum absolute atomic E-state index is 0.0532. The highest BCUT2D eigenvalue weighted by Crippen LogP contribution is 2.48. The lowest BCUT2D eigenvalue weighted by Gasteiger charge is -2.18. The molecule has 2 aliphatic heterocycles. The van der Waals surface area contributed by atoms with Crippen LogP contribution in [-0.4, -0.2) is 57.2 Å². The van der Waals surface area contributed by atoms with Crippen LogP contribution < -0.4 is 0 Å². The summed E-state index contributed by atoms with van der Waals surface area (Å²) >= 11 is 0. The standard InChI is InChI=1S/C55H76N4O6/c1-13-39-34(7)41-29-46-48(38(11)60)36(9)43(57-46)27-42-35(8)40(52(58-42)50-51(55(63)64-12)54(62)49-37(10)44(59-53(49)50)28-45(39)56-41)23-24-47(61)65-26-25-33(6)22-16-21-32(5)20-15-19-31(4)18-14-17-30(2)3/h25,27-32,34-35,39-40,51,57,59H,13-24,26H2,1-12H3/b33-25+,41-29?,42-27?,43-27?,44-28?,45-28?,46-29?,52-50?/t31-,32-,34-,35+,39+,40+,51-/m1/s1. The molecule has 3 aliphatic rings. The molecule has 0 radical (unpaired) electrons. The quantitative estimate of drug-likeness (QED) is 0.0494. The number of esters is 2. The molecule has 0 amide bonds. The zero-order chi connectivity index (χ0) is 47.3. The third-order valence-corrected chi connectivity index (χ3v) is 14.9. The van der Waals surface area contributed by atoms with Gasteiger partial charge in [0.05, 0.1) is 23.8 Å². The molecule has 3 aromatic heterocycles. The van der Waals surface area contributed by atoms with Gasteiger partial charge in [0.15, 0.2) is 11.6 Å². The fourth-order valence-electron chi connectivity index (χ4n) is 10.8. The van der Waals surface area contributed by atoms with Crippen molar-refractivity contribution in [1.29, 1.82) is 0 Å². The van der Waals surface area contributed by atoms with Crippen LogP contribution in [0.25, 0.3) is 22.1 Å². The van der Waals surface area contributed by atoms with E-state index in [0.717, 1.165) is 70.3 Å². The molecule has 8 bridgehead atoms. The van der Waals surface area contributed by atoms with Gasteiger partial charge in [0.25, 0.3) is 0 Å². The first-order valence-electron chi connectivity index (χ1n) is 24.7. The number of fused-ring (bicyclic) bond motifs is 8. The molecule has 3 aromatic rings. The zero-order valence-corrected chi connectivity index (χ0v) is 41.5. The first kappa shape index (κ1) is 49.6. The van der Waals surface area contributed by atoms with E-state index in [1.165, 1.54) is 57.6 Å². The Bertz CT molecular complexity index is 2450. The summed E-state index contributed by atoms with van der Waals surface area (Å²) in [5, 5.41) is 0. The molecule has 7 atom stereocenters. The number of nitrogens with zero attached hydrogens (tertiary/aromatic N) is 2. The summed E-state index contributed by atoms with van der Waals surface area (Å²) in [7, 11) is 1.30. The molecule has 0 saturated carbocycles. The molecular formula is C55H76N4O6. The highest BCUT2D eigenvalue weighted by Gasteiger charge is 2.45. The van der Waals surface area contributed by atoms with Crippen LogP contribution in [0.15, 0.2) is 29.8 Å². The molecule has 6 rings (SSSR count). The fourth-order valence-corrected chi connectivity index (χ4v) is 10.8. The Balaban J connectivity index is 1.25. The van der Waals surface area contributed by atoms with Crippen LogP contribution in [-0.2, 0) is 19.1 Å². The average molecular weight is 889 g/mol. The number of nitrogens with one attached hydrogen (secondary N) is 2. The smallest absolute Gasteiger partial charge is 0.321 e. The normalized spacial score (nSPS) is 20.4. The summed E-state index contributed by atoms with van der Waals surface area (Å²) in [4.78, 5) is 72.1. The lowest BCUT2D eigenvalue weighted by molar-refractivity contribution is -0.143. The number of aromatic nitrogens is 4. The lowest BCUT2D eigenvalue weighted by atomic mass is 9.84. The van der Waals surface area contributed by atoms with Crippen LogP contribution in [0.1, 0.15) is 229 Å². The molecule has 1 aliphatic carbocycles. The molecule has 0 aromatic carbocycles. The van der Waals surface area contributed by atoms with Gasteiger partial charge in [0.2, 0.25) is 0 Å². The monoisotopic (exact) mass is 889 g/mol. The first-order chi connectivity index (χ1) is 30.9. The molecular weight excluding hydrogens is 813 g/mol. The molecule has 0 saturated heterocycles. The number of H-pyrrole nitrogens is 2. The van der Waals surface area contributed by atoms with Gasteiger partial charge >= 0.3 is 11.9 Å². The van der Waals surface area contributed by atoms with Crippen molar-refractivity contribution in [2.45, 2.75) is 183 Å². The number of allylic oxidation sites excluding steroid dienone is 1. The van der Waals surface area contributed by atoms with Gasteiger partial charge in [0.1, 0.15) is 12.5 Å². The molecule has 352 valence electrons. The van der Waals surface area contributed by atoms with Crippen LogP contribution >= 0.6 is 0 Å².